The van der Waals surface area contributed by atoms with Gasteiger partial charge in [0.2, 0.25) is 5.96 Å². The monoisotopic (exact) mass is 309 g/mol. The molecule has 0 fully saturated rings. The number of ether oxygens (including phenoxy) is 1. The van der Waals surface area contributed by atoms with Gasteiger partial charge in [-0.2, -0.15) is 17.0 Å². The van der Waals surface area contributed by atoms with Crippen LogP contribution in [0.25, 0.3) is 0 Å². The first-order valence-corrected chi connectivity index (χ1v) is 7.57. The van der Waals surface area contributed by atoms with Gasteiger partial charge in [-0.15, -0.1) is 0 Å². The Labute approximate surface area is 128 Å². The van der Waals surface area contributed by atoms with E-state index in [1.165, 1.54) is 0 Å². The van der Waals surface area contributed by atoms with Crippen molar-refractivity contribution in [3.8, 4) is 11.9 Å². The maximum atomic E-state index is 8.70. The number of guanidine groups is 1. The smallest absolute Gasteiger partial charge is 0.204 e. The van der Waals surface area contributed by atoms with E-state index in [-0.39, 0.29) is 13.2 Å². The van der Waals surface area contributed by atoms with E-state index < -0.39 is 0 Å². The van der Waals surface area contributed by atoms with Gasteiger partial charge in [-0.3, -0.25) is 15.3 Å². The minimum absolute atomic E-state index is 0.0491. The molecular formula is C13H19N5O2S. The summed E-state index contributed by atoms with van der Waals surface area (Å²) in [4.78, 5) is 8.27. The molecule has 0 unspecified atom stereocenters. The van der Waals surface area contributed by atoms with E-state index in [1.807, 2.05) is 12.1 Å². The van der Waals surface area contributed by atoms with Crippen molar-refractivity contribution in [2.45, 2.75) is 5.75 Å². The number of thioether (sulfide) groups is 1. The average molecular weight is 309 g/mol. The molecule has 0 amide bonds. The van der Waals surface area contributed by atoms with Crippen molar-refractivity contribution in [2.24, 2.45) is 4.99 Å². The van der Waals surface area contributed by atoms with Crippen LogP contribution in [0.3, 0.4) is 0 Å². The number of rotatable bonds is 8. The van der Waals surface area contributed by atoms with Crippen molar-refractivity contribution >= 4 is 17.7 Å². The highest BCUT2D eigenvalue weighted by atomic mass is 32.2. The molecule has 1 aromatic heterocycles. The second-order valence-corrected chi connectivity index (χ2v) is 4.93. The van der Waals surface area contributed by atoms with Gasteiger partial charge >= 0.3 is 0 Å². The minimum atomic E-state index is -0.0491. The van der Waals surface area contributed by atoms with E-state index in [0.717, 1.165) is 22.9 Å². The SMILES string of the molecule is COc1cccnc1CSCCNC(=NCCO)NC#N. The number of nitrogens with one attached hydrogen (secondary N) is 2. The Morgan fingerprint density at radius 2 is 2.48 bits per heavy atom. The molecular weight excluding hydrogens is 290 g/mol. The number of aliphatic hydroxyl groups is 1. The molecule has 0 saturated heterocycles. The standard InChI is InChI=1S/C13H19N5O2S/c1-20-12-3-2-4-15-11(12)9-21-8-6-17-13(18-10-14)16-5-7-19/h2-4,19H,5-9H2,1H3,(H2,16,17,18). The van der Waals surface area contributed by atoms with E-state index in [9.17, 15) is 0 Å². The van der Waals surface area contributed by atoms with Crippen LogP contribution in [0.2, 0.25) is 0 Å². The first kappa shape index (κ1) is 17.1. The van der Waals surface area contributed by atoms with Gasteiger partial charge < -0.3 is 15.2 Å². The zero-order valence-electron chi connectivity index (χ0n) is 11.9. The number of pyridine rings is 1. The average Bonchev–Trinajstić information content (AvgIpc) is 2.52. The molecule has 0 aromatic carbocycles. The van der Waals surface area contributed by atoms with Crippen LogP contribution in [0.1, 0.15) is 5.69 Å². The summed E-state index contributed by atoms with van der Waals surface area (Å²) in [5.74, 6) is 2.74. The molecule has 7 nitrogen and oxygen atoms in total. The fourth-order valence-electron chi connectivity index (χ4n) is 1.48. The number of methoxy groups -OCH3 is 1. The lowest BCUT2D eigenvalue weighted by atomic mass is 10.3. The Morgan fingerprint density at radius 1 is 1.62 bits per heavy atom. The van der Waals surface area contributed by atoms with Gasteiger partial charge in [0.1, 0.15) is 5.75 Å². The Kier molecular flexibility index (Phi) is 8.75. The summed E-state index contributed by atoms with van der Waals surface area (Å²) in [6.45, 7) is 0.862. The van der Waals surface area contributed by atoms with Crippen molar-refractivity contribution in [2.75, 3.05) is 32.6 Å². The van der Waals surface area contributed by atoms with Gasteiger partial charge in [-0.1, -0.05) is 0 Å². The first-order chi connectivity index (χ1) is 10.3. The van der Waals surface area contributed by atoms with Crippen LogP contribution in [0.5, 0.6) is 5.75 Å². The summed E-state index contributed by atoms with van der Waals surface area (Å²) in [6, 6.07) is 3.73. The van der Waals surface area contributed by atoms with Crippen LogP contribution < -0.4 is 15.4 Å². The molecule has 1 aromatic rings. The zero-order valence-corrected chi connectivity index (χ0v) is 12.7. The summed E-state index contributed by atoms with van der Waals surface area (Å²) in [5, 5.41) is 22.7. The van der Waals surface area contributed by atoms with Crippen molar-refractivity contribution < 1.29 is 9.84 Å². The van der Waals surface area contributed by atoms with Crippen LogP contribution in [0.4, 0.5) is 0 Å². The van der Waals surface area contributed by atoms with Gasteiger partial charge in [-0.05, 0) is 12.1 Å². The van der Waals surface area contributed by atoms with E-state index in [2.05, 4.69) is 20.6 Å². The zero-order chi connectivity index (χ0) is 15.3. The van der Waals surface area contributed by atoms with E-state index in [0.29, 0.717) is 12.5 Å². The van der Waals surface area contributed by atoms with Crippen LogP contribution in [0, 0.1) is 11.5 Å². The van der Waals surface area contributed by atoms with Gasteiger partial charge in [0, 0.05) is 24.2 Å². The van der Waals surface area contributed by atoms with E-state index in [4.69, 9.17) is 15.1 Å². The van der Waals surface area contributed by atoms with Crippen LogP contribution in [-0.2, 0) is 5.75 Å². The number of hydrogen-bond acceptors (Lipinski definition) is 6. The number of aliphatic imine (C=N–C) groups is 1. The van der Waals surface area contributed by atoms with Gasteiger partial charge in [0.15, 0.2) is 6.19 Å². The van der Waals surface area contributed by atoms with Crippen molar-refractivity contribution in [1.29, 1.82) is 5.26 Å². The Balaban J connectivity index is 2.29. The lowest BCUT2D eigenvalue weighted by molar-refractivity contribution is 0.306. The molecule has 1 heterocycles. The summed E-state index contributed by atoms with van der Waals surface area (Å²) in [5.41, 5.74) is 0.911. The molecule has 0 aliphatic heterocycles. The highest BCUT2D eigenvalue weighted by Gasteiger charge is 2.03. The number of aromatic nitrogens is 1. The Bertz CT molecular complexity index is 490. The van der Waals surface area contributed by atoms with Gasteiger partial charge in [0.25, 0.3) is 0 Å². The number of hydrogen-bond donors (Lipinski definition) is 3. The Morgan fingerprint density at radius 3 is 3.19 bits per heavy atom. The lowest BCUT2D eigenvalue weighted by Crippen LogP contribution is -2.36. The highest BCUT2D eigenvalue weighted by Crippen LogP contribution is 2.19. The normalized spacial score (nSPS) is 10.8. The molecule has 0 bridgehead atoms. The predicted octanol–water partition coefficient (Wildman–Crippen LogP) is 0.332. The summed E-state index contributed by atoms with van der Waals surface area (Å²) in [7, 11) is 1.63. The predicted molar refractivity (Wildman–Crippen MR) is 83.1 cm³/mol. The highest BCUT2D eigenvalue weighted by molar-refractivity contribution is 7.98. The molecule has 0 radical (unpaired) electrons. The fraction of sp³-hybridized carbons (Fsp3) is 0.462. The molecule has 0 saturated carbocycles. The molecule has 0 aliphatic rings. The van der Waals surface area contributed by atoms with E-state index in [1.54, 1.807) is 31.3 Å². The minimum Gasteiger partial charge on any atom is -0.495 e. The second kappa shape index (κ2) is 10.8. The number of nitriles is 1. The number of nitrogens with zero attached hydrogens (tertiary/aromatic N) is 3. The largest absolute Gasteiger partial charge is 0.495 e. The fourth-order valence-corrected chi connectivity index (χ4v) is 2.28. The third-order valence-electron chi connectivity index (χ3n) is 2.39. The number of aliphatic hydroxyl groups excluding tert-OH is 1. The topological polar surface area (TPSA) is 103 Å². The molecule has 1 rings (SSSR count). The maximum Gasteiger partial charge on any atom is 0.204 e. The quantitative estimate of drug-likeness (QED) is 0.209. The second-order valence-electron chi connectivity index (χ2n) is 3.82. The third kappa shape index (κ3) is 6.83. The lowest BCUT2D eigenvalue weighted by Gasteiger charge is -2.09. The van der Waals surface area contributed by atoms with Gasteiger partial charge in [-0.25, -0.2) is 0 Å². The molecule has 3 N–H and O–H groups in total. The van der Waals surface area contributed by atoms with Crippen molar-refractivity contribution in [3.63, 3.8) is 0 Å². The van der Waals surface area contributed by atoms with Crippen molar-refractivity contribution in [1.82, 2.24) is 15.6 Å². The molecule has 0 atom stereocenters. The molecule has 0 spiro atoms. The summed E-state index contributed by atoms with van der Waals surface area (Å²) < 4.78 is 5.24. The molecule has 114 valence electrons. The maximum absolute atomic E-state index is 8.70. The molecule has 8 heteroatoms. The first-order valence-electron chi connectivity index (χ1n) is 6.41. The third-order valence-corrected chi connectivity index (χ3v) is 3.36. The van der Waals surface area contributed by atoms with Crippen molar-refractivity contribution in [3.05, 3.63) is 24.0 Å². The summed E-state index contributed by atoms with van der Waals surface area (Å²) >= 11 is 1.70. The Hall–Kier alpha value is -1.98. The molecule has 0 aliphatic carbocycles. The van der Waals surface area contributed by atoms with Crippen LogP contribution in [0.15, 0.2) is 23.3 Å². The molecule has 21 heavy (non-hydrogen) atoms. The van der Waals surface area contributed by atoms with Crippen LogP contribution in [-0.4, -0.2) is 48.6 Å². The van der Waals surface area contributed by atoms with Gasteiger partial charge in [0.05, 0.1) is 26.0 Å². The van der Waals surface area contributed by atoms with E-state index >= 15 is 0 Å². The summed E-state index contributed by atoms with van der Waals surface area (Å²) in [6.07, 6.45) is 3.54. The van der Waals surface area contributed by atoms with Crippen LogP contribution >= 0.6 is 11.8 Å².